The van der Waals surface area contributed by atoms with Crippen molar-refractivity contribution < 1.29 is 33.4 Å². The number of rotatable bonds is 6. The Kier molecular flexibility index (Phi) is 5.66. The van der Waals surface area contributed by atoms with Gasteiger partial charge in [0.1, 0.15) is 17.2 Å². The highest BCUT2D eigenvalue weighted by Crippen LogP contribution is 2.27. The predicted molar refractivity (Wildman–Crippen MR) is 104 cm³/mol. The molecule has 2 amide bonds. The van der Waals surface area contributed by atoms with E-state index in [1.54, 1.807) is 0 Å². The third kappa shape index (κ3) is 3.91. The largest absolute Gasteiger partial charge is 0.476 e. The molecule has 10 nitrogen and oxygen atoms in total. The highest BCUT2D eigenvalue weighted by atomic mass is 19.1. The van der Waals surface area contributed by atoms with Crippen LogP contribution < -0.4 is 16.8 Å². The van der Waals surface area contributed by atoms with Crippen LogP contribution in [0.4, 0.5) is 20.2 Å². The summed E-state index contributed by atoms with van der Waals surface area (Å²) in [6, 6.07) is 5.37. The van der Waals surface area contributed by atoms with E-state index in [1.165, 1.54) is 12.1 Å². The van der Waals surface area contributed by atoms with E-state index in [-0.39, 0.29) is 28.2 Å². The number of aromatic carboxylic acids is 1. The first kappa shape index (κ1) is 21.4. The van der Waals surface area contributed by atoms with Crippen molar-refractivity contribution in [2.75, 3.05) is 11.1 Å². The molecule has 0 aliphatic rings. The number of benzene rings is 2. The van der Waals surface area contributed by atoms with Gasteiger partial charge in [0.05, 0.1) is 35.4 Å². The summed E-state index contributed by atoms with van der Waals surface area (Å²) in [4.78, 5) is 35.4. The highest BCUT2D eigenvalue weighted by molar-refractivity contribution is 6.07. The Bertz CT molecular complexity index is 1200. The molecular weight excluding hydrogens is 416 g/mol. The lowest BCUT2D eigenvalue weighted by Crippen LogP contribution is -2.17. The Morgan fingerprint density at radius 1 is 1.13 bits per heavy atom. The van der Waals surface area contributed by atoms with E-state index in [0.717, 1.165) is 29.1 Å². The van der Waals surface area contributed by atoms with Crippen LogP contribution in [0.3, 0.4) is 0 Å². The fourth-order valence-corrected chi connectivity index (χ4v) is 2.90. The number of halogens is 2. The summed E-state index contributed by atoms with van der Waals surface area (Å²) < 4.78 is 28.7. The second-order valence-corrected chi connectivity index (χ2v) is 6.24. The van der Waals surface area contributed by atoms with Gasteiger partial charge in [0.15, 0.2) is 5.69 Å². The molecule has 0 atom stereocenters. The number of carboxylic acid groups (broad SMARTS) is 1. The highest BCUT2D eigenvalue weighted by Gasteiger charge is 2.24. The second kappa shape index (κ2) is 8.20. The third-order valence-electron chi connectivity index (χ3n) is 4.36. The average Bonchev–Trinajstić information content (AvgIpc) is 3.11. The molecule has 0 aliphatic carbocycles. The first-order valence-corrected chi connectivity index (χ1v) is 8.56. The van der Waals surface area contributed by atoms with Crippen LogP contribution in [-0.2, 0) is 6.61 Å². The molecule has 3 aromatic rings. The number of aliphatic hydroxyl groups excluding tert-OH is 1. The van der Waals surface area contributed by atoms with E-state index >= 15 is 0 Å². The van der Waals surface area contributed by atoms with Crippen LogP contribution in [0.15, 0.2) is 36.5 Å². The van der Waals surface area contributed by atoms with E-state index in [1.807, 2.05) is 0 Å². The molecule has 2 aromatic carbocycles. The minimum atomic E-state index is -1.55. The Hall–Kier alpha value is -4.32. The number of hydrogen-bond donors (Lipinski definition) is 5. The Morgan fingerprint density at radius 3 is 2.32 bits per heavy atom. The smallest absolute Gasteiger partial charge is 0.358 e. The molecule has 0 unspecified atom stereocenters. The standard InChI is InChI=1S/C19H15F2N5O5/c20-10-2-1-3-11(21)14(10)18(29)24-12-6-26(25-16(12)19(30)31)13-5-4-8(17(23)28)15(22)9(13)7-27/h1-6,27H,7,22H2,(H2,23,28)(H,24,29)(H,30,31). The van der Waals surface area contributed by atoms with Crippen molar-refractivity contribution in [1.82, 2.24) is 9.78 Å². The third-order valence-corrected chi connectivity index (χ3v) is 4.36. The molecule has 0 spiro atoms. The van der Waals surface area contributed by atoms with E-state index in [9.17, 15) is 33.4 Å². The maximum atomic E-state index is 13.9. The topological polar surface area (TPSA) is 174 Å². The quantitative estimate of drug-likeness (QED) is 0.365. The van der Waals surface area contributed by atoms with Gasteiger partial charge in [-0.1, -0.05) is 6.07 Å². The van der Waals surface area contributed by atoms with Crippen LogP contribution in [0.1, 0.15) is 36.8 Å². The summed E-state index contributed by atoms with van der Waals surface area (Å²) in [5.74, 6) is -5.90. The summed E-state index contributed by atoms with van der Waals surface area (Å²) >= 11 is 0. The fourth-order valence-electron chi connectivity index (χ4n) is 2.90. The summed E-state index contributed by atoms with van der Waals surface area (Å²) in [6.45, 7) is -0.646. The molecule has 0 aliphatic heterocycles. The molecule has 1 aromatic heterocycles. The molecule has 1 heterocycles. The lowest BCUT2D eigenvalue weighted by molar-refractivity contribution is 0.0691. The minimum absolute atomic E-state index is 0.0220. The fraction of sp³-hybridized carbons (Fsp3) is 0.0526. The van der Waals surface area contributed by atoms with Crippen molar-refractivity contribution in [2.24, 2.45) is 5.73 Å². The van der Waals surface area contributed by atoms with Crippen molar-refractivity contribution >= 4 is 29.2 Å². The Morgan fingerprint density at radius 2 is 1.77 bits per heavy atom. The molecule has 0 saturated heterocycles. The number of carbonyl (C=O) groups is 3. The number of hydrogen-bond acceptors (Lipinski definition) is 6. The number of carbonyl (C=O) groups excluding carboxylic acids is 2. The van der Waals surface area contributed by atoms with Crippen LogP contribution in [0.5, 0.6) is 0 Å². The molecule has 3 rings (SSSR count). The van der Waals surface area contributed by atoms with Crippen molar-refractivity contribution in [1.29, 1.82) is 0 Å². The zero-order valence-corrected chi connectivity index (χ0v) is 15.6. The number of aliphatic hydroxyl groups is 1. The number of anilines is 2. The van der Waals surface area contributed by atoms with Crippen LogP contribution >= 0.6 is 0 Å². The first-order chi connectivity index (χ1) is 14.6. The van der Waals surface area contributed by atoms with Crippen LogP contribution in [-0.4, -0.2) is 37.8 Å². The lowest BCUT2D eigenvalue weighted by Gasteiger charge is -2.12. The number of carboxylic acids is 1. The van der Waals surface area contributed by atoms with Crippen molar-refractivity contribution in [3.05, 3.63) is 70.5 Å². The Labute approximate surface area is 172 Å². The number of nitrogen functional groups attached to an aromatic ring is 1. The maximum absolute atomic E-state index is 13.9. The van der Waals surface area contributed by atoms with Crippen LogP contribution in [0.2, 0.25) is 0 Å². The van der Waals surface area contributed by atoms with Gasteiger partial charge in [-0.05, 0) is 24.3 Å². The molecule has 7 N–H and O–H groups in total. The molecule has 0 bridgehead atoms. The molecule has 0 fully saturated rings. The van der Waals surface area contributed by atoms with Crippen molar-refractivity contribution in [2.45, 2.75) is 6.61 Å². The van der Waals surface area contributed by atoms with Gasteiger partial charge >= 0.3 is 5.97 Å². The summed E-state index contributed by atoms with van der Waals surface area (Å²) in [7, 11) is 0. The number of aromatic nitrogens is 2. The number of nitrogens with two attached hydrogens (primary N) is 2. The molecule has 12 heteroatoms. The van der Waals surface area contributed by atoms with Crippen molar-refractivity contribution in [3.63, 3.8) is 0 Å². The van der Waals surface area contributed by atoms with Crippen LogP contribution in [0.25, 0.3) is 5.69 Å². The summed E-state index contributed by atoms with van der Waals surface area (Å²) in [5, 5.41) is 25.0. The predicted octanol–water partition coefficient (Wildman–Crippen LogP) is 1.27. The number of nitrogens with one attached hydrogen (secondary N) is 1. The van der Waals surface area contributed by atoms with Gasteiger partial charge in [0, 0.05) is 5.56 Å². The Balaban J connectivity index is 2.08. The van der Waals surface area contributed by atoms with E-state index in [2.05, 4.69) is 10.4 Å². The van der Waals surface area contributed by atoms with Gasteiger partial charge in [-0.3, -0.25) is 9.59 Å². The normalized spacial score (nSPS) is 10.7. The molecule has 160 valence electrons. The monoisotopic (exact) mass is 431 g/mol. The van der Waals surface area contributed by atoms with E-state index in [4.69, 9.17) is 11.5 Å². The molecule has 31 heavy (non-hydrogen) atoms. The van der Waals surface area contributed by atoms with Crippen molar-refractivity contribution in [3.8, 4) is 5.69 Å². The van der Waals surface area contributed by atoms with E-state index in [0.29, 0.717) is 0 Å². The summed E-state index contributed by atoms with van der Waals surface area (Å²) in [5.41, 5.74) is 9.05. The van der Waals surface area contributed by atoms with Gasteiger partial charge in [-0.2, -0.15) is 5.10 Å². The average molecular weight is 431 g/mol. The van der Waals surface area contributed by atoms with Gasteiger partial charge < -0.3 is 27.0 Å². The zero-order chi connectivity index (χ0) is 22.9. The first-order valence-electron chi connectivity index (χ1n) is 8.56. The maximum Gasteiger partial charge on any atom is 0.358 e. The van der Waals surface area contributed by atoms with Gasteiger partial charge in [-0.15, -0.1) is 0 Å². The SMILES string of the molecule is NC(=O)c1ccc(-n2cc(NC(=O)c3c(F)cccc3F)c(C(=O)O)n2)c(CO)c1N. The van der Waals surface area contributed by atoms with Crippen LogP contribution in [0, 0.1) is 11.6 Å². The number of primary amides is 1. The second-order valence-electron chi connectivity index (χ2n) is 6.24. The summed E-state index contributed by atoms with van der Waals surface area (Å²) in [6.07, 6.45) is 1.05. The molecule has 0 saturated carbocycles. The van der Waals surface area contributed by atoms with E-state index < -0.39 is 47.3 Å². The lowest BCUT2D eigenvalue weighted by atomic mass is 10.1. The number of amides is 2. The number of nitrogens with zero attached hydrogens (tertiary/aromatic N) is 2. The zero-order valence-electron chi connectivity index (χ0n) is 15.6. The molecule has 0 radical (unpaired) electrons. The molecular formula is C19H15F2N5O5. The van der Waals surface area contributed by atoms with Gasteiger partial charge in [0.2, 0.25) is 0 Å². The van der Waals surface area contributed by atoms with Gasteiger partial charge in [0.25, 0.3) is 11.8 Å². The van der Waals surface area contributed by atoms with Gasteiger partial charge in [-0.25, -0.2) is 18.3 Å². The minimum Gasteiger partial charge on any atom is -0.476 e.